The summed E-state index contributed by atoms with van der Waals surface area (Å²) in [5, 5.41) is 13.3. The minimum atomic E-state index is -0.370. The lowest BCUT2D eigenvalue weighted by molar-refractivity contribution is -0.117. The van der Waals surface area contributed by atoms with Crippen molar-refractivity contribution in [3.05, 3.63) is 112 Å². The lowest BCUT2D eigenvalue weighted by atomic mass is 10.2. The number of halogens is 1. The minimum Gasteiger partial charge on any atom is -0.343 e. The number of hydrogen-bond donors (Lipinski definition) is 1. The number of benzene rings is 3. The van der Waals surface area contributed by atoms with Gasteiger partial charge in [0.15, 0.2) is 11.0 Å². The highest BCUT2D eigenvalue weighted by molar-refractivity contribution is 7.98. The van der Waals surface area contributed by atoms with E-state index in [-0.39, 0.29) is 11.9 Å². The van der Waals surface area contributed by atoms with E-state index in [1.165, 1.54) is 11.6 Å². The summed E-state index contributed by atoms with van der Waals surface area (Å²) >= 11 is 7.93. The summed E-state index contributed by atoms with van der Waals surface area (Å²) in [7, 11) is 0. The van der Waals surface area contributed by atoms with Crippen LogP contribution < -0.4 is 5.32 Å². The van der Waals surface area contributed by atoms with E-state index in [1.54, 1.807) is 17.8 Å². The molecule has 34 heavy (non-hydrogen) atoms. The molecule has 7 heteroatoms. The first-order valence-corrected chi connectivity index (χ1v) is 12.3. The quantitative estimate of drug-likeness (QED) is 0.230. The summed E-state index contributed by atoms with van der Waals surface area (Å²) in [5.41, 5.74) is 4.08. The number of rotatable bonds is 8. The fourth-order valence-corrected chi connectivity index (χ4v) is 4.56. The molecule has 1 amide bonds. The average molecular weight is 489 g/mol. The predicted molar refractivity (Wildman–Crippen MR) is 139 cm³/mol. The van der Waals surface area contributed by atoms with Gasteiger partial charge in [0.2, 0.25) is 5.91 Å². The Balaban J connectivity index is 1.60. The molecule has 4 aromatic rings. The van der Waals surface area contributed by atoms with Crippen molar-refractivity contribution in [1.82, 2.24) is 20.1 Å². The Morgan fingerprint density at radius 2 is 1.76 bits per heavy atom. The van der Waals surface area contributed by atoms with Gasteiger partial charge in [-0.25, -0.2) is 0 Å². The van der Waals surface area contributed by atoms with Crippen LogP contribution in [-0.4, -0.2) is 20.7 Å². The molecule has 0 saturated carbocycles. The van der Waals surface area contributed by atoms with Crippen molar-refractivity contribution in [2.75, 3.05) is 0 Å². The molecule has 0 aliphatic heterocycles. The fourth-order valence-electron chi connectivity index (χ4n) is 3.49. The number of aryl methyl sites for hydroxylation is 1. The zero-order chi connectivity index (χ0) is 23.9. The van der Waals surface area contributed by atoms with Crippen LogP contribution in [0.3, 0.4) is 0 Å². The third-order valence-corrected chi connectivity index (χ3v) is 6.49. The first kappa shape index (κ1) is 23.8. The number of carbonyl (C=O) groups excluding carboxylic acids is 1. The standard InChI is InChI=1S/C27H25ClN4OS/c1-19-13-15-23(28)17-24(19)32-26(30-31-27(32)34-18-22-11-7-4-8-12-22)20(2)29-25(33)16-14-21-9-5-3-6-10-21/h3-17,20H,18H2,1-2H3,(H,29,33)/b16-14+. The van der Waals surface area contributed by atoms with Crippen molar-refractivity contribution < 1.29 is 4.79 Å². The summed E-state index contributed by atoms with van der Waals surface area (Å²) < 4.78 is 1.99. The second-order valence-corrected chi connectivity index (χ2v) is 9.23. The highest BCUT2D eigenvalue weighted by Crippen LogP contribution is 2.30. The van der Waals surface area contributed by atoms with Crippen LogP contribution in [0.2, 0.25) is 5.02 Å². The van der Waals surface area contributed by atoms with Gasteiger partial charge in [-0.2, -0.15) is 0 Å². The Labute approximate surface area is 208 Å². The van der Waals surface area contributed by atoms with Crippen LogP contribution >= 0.6 is 23.4 Å². The molecule has 172 valence electrons. The van der Waals surface area contributed by atoms with Gasteiger partial charge in [0.1, 0.15) is 0 Å². The molecule has 0 aliphatic carbocycles. The molecule has 0 aliphatic rings. The summed E-state index contributed by atoms with van der Waals surface area (Å²) in [6.07, 6.45) is 3.32. The highest BCUT2D eigenvalue weighted by Gasteiger charge is 2.22. The highest BCUT2D eigenvalue weighted by atomic mass is 35.5. The van der Waals surface area contributed by atoms with Crippen LogP contribution in [0.4, 0.5) is 0 Å². The Bertz CT molecular complexity index is 1290. The molecule has 0 fully saturated rings. The van der Waals surface area contributed by atoms with E-state index in [9.17, 15) is 4.79 Å². The maximum Gasteiger partial charge on any atom is 0.244 e. The fraction of sp³-hybridized carbons (Fsp3) is 0.148. The molecule has 1 unspecified atom stereocenters. The lowest BCUT2D eigenvalue weighted by Crippen LogP contribution is -2.27. The number of nitrogens with zero attached hydrogens (tertiary/aromatic N) is 3. The Morgan fingerprint density at radius 3 is 2.50 bits per heavy atom. The average Bonchev–Trinajstić information content (AvgIpc) is 3.28. The van der Waals surface area contributed by atoms with Gasteiger partial charge < -0.3 is 5.32 Å². The molecule has 5 nitrogen and oxygen atoms in total. The molecule has 3 aromatic carbocycles. The van der Waals surface area contributed by atoms with Gasteiger partial charge in [-0.15, -0.1) is 10.2 Å². The lowest BCUT2D eigenvalue weighted by Gasteiger charge is -2.17. The number of aromatic nitrogens is 3. The smallest absolute Gasteiger partial charge is 0.244 e. The Kier molecular flexibility index (Phi) is 7.83. The van der Waals surface area contributed by atoms with E-state index in [4.69, 9.17) is 11.6 Å². The molecule has 0 spiro atoms. The number of carbonyl (C=O) groups is 1. The maximum absolute atomic E-state index is 12.6. The molecule has 4 rings (SSSR count). The van der Waals surface area contributed by atoms with Gasteiger partial charge >= 0.3 is 0 Å². The maximum atomic E-state index is 12.6. The van der Waals surface area contributed by atoms with E-state index < -0.39 is 0 Å². The number of thioether (sulfide) groups is 1. The number of hydrogen-bond acceptors (Lipinski definition) is 4. The third-order valence-electron chi connectivity index (χ3n) is 5.25. The van der Waals surface area contributed by atoms with Crippen LogP contribution in [0.5, 0.6) is 0 Å². The molecule has 0 saturated heterocycles. The van der Waals surface area contributed by atoms with E-state index in [0.29, 0.717) is 10.8 Å². The summed E-state index contributed by atoms with van der Waals surface area (Å²) in [4.78, 5) is 12.6. The summed E-state index contributed by atoms with van der Waals surface area (Å²) in [6, 6.07) is 25.3. The third kappa shape index (κ3) is 5.95. The molecule has 0 bridgehead atoms. The molecule has 1 aromatic heterocycles. The van der Waals surface area contributed by atoms with Gasteiger partial charge in [-0.05, 0) is 48.7 Å². The van der Waals surface area contributed by atoms with Crippen molar-refractivity contribution >= 4 is 35.3 Å². The topological polar surface area (TPSA) is 59.8 Å². The minimum absolute atomic E-state index is 0.202. The number of nitrogens with one attached hydrogen (secondary N) is 1. The van der Waals surface area contributed by atoms with E-state index in [2.05, 4.69) is 27.6 Å². The molecular weight excluding hydrogens is 464 g/mol. The Morgan fingerprint density at radius 1 is 1.06 bits per heavy atom. The van der Waals surface area contributed by atoms with Crippen molar-refractivity contribution in [2.45, 2.75) is 30.8 Å². The Hall–Kier alpha value is -3.35. The molecule has 0 radical (unpaired) electrons. The van der Waals surface area contributed by atoms with Crippen molar-refractivity contribution in [1.29, 1.82) is 0 Å². The second-order valence-electron chi connectivity index (χ2n) is 7.86. The van der Waals surface area contributed by atoms with Gasteiger partial charge in [-0.1, -0.05) is 90.1 Å². The SMILES string of the molecule is Cc1ccc(Cl)cc1-n1c(SCc2ccccc2)nnc1C(C)NC(=O)/C=C/c1ccccc1. The van der Waals surface area contributed by atoms with E-state index >= 15 is 0 Å². The van der Waals surface area contributed by atoms with E-state index in [1.807, 2.05) is 85.1 Å². The van der Waals surface area contributed by atoms with Crippen LogP contribution in [0.15, 0.2) is 90.1 Å². The van der Waals surface area contributed by atoms with Crippen molar-refractivity contribution in [3.8, 4) is 5.69 Å². The molecule has 1 N–H and O–H groups in total. The molecule has 1 atom stereocenters. The van der Waals surface area contributed by atoms with Crippen LogP contribution in [-0.2, 0) is 10.5 Å². The first-order chi connectivity index (χ1) is 16.5. The summed E-state index contributed by atoms with van der Waals surface area (Å²) in [6.45, 7) is 3.92. The van der Waals surface area contributed by atoms with Gasteiger partial charge in [0, 0.05) is 16.9 Å². The summed E-state index contributed by atoms with van der Waals surface area (Å²) in [5.74, 6) is 1.19. The van der Waals surface area contributed by atoms with Gasteiger partial charge in [-0.3, -0.25) is 9.36 Å². The molecular formula is C27H25ClN4OS. The second kappa shape index (κ2) is 11.2. The van der Waals surface area contributed by atoms with Crippen LogP contribution in [0.1, 0.15) is 35.5 Å². The van der Waals surface area contributed by atoms with Crippen LogP contribution in [0.25, 0.3) is 11.8 Å². The zero-order valence-corrected chi connectivity index (χ0v) is 20.6. The van der Waals surface area contributed by atoms with Crippen molar-refractivity contribution in [2.24, 2.45) is 0 Å². The monoisotopic (exact) mass is 488 g/mol. The number of amides is 1. The first-order valence-electron chi connectivity index (χ1n) is 10.9. The van der Waals surface area contributed by atoms with Gasteiger partial charge in [0.25, 0.3) is 0 Å². The zero-order valence-electron chi connectivity index (χ0n) is 19.0. The van der Waals surface area contributed by atoms with Crippen molar-refractivity contribution in [3.63, 3.8) is 0 Å². The molecule has 1 heterocycles. The van der Waals surface area contributed by atoms with E-state index in [0.717, 1.165) is 27.7 Å². The van der Waals surface area contributed by atoms with Crippen LogP contribution in [0, 0.1) is 6.92 Å². The normalized spacial score (nSPS) is 12.1. The predicted octanol–water partition coefficient (Wildman–Crippen LogP) is 6.41. The van der Waals surface area contributed by atoms with Gasteiger partial charge in [0.05, 0.1) is 11.7 Å². The largest absolute Gasteiger partial charge is 0.343 e.